The van der Waals surface area contributed by atoms with Gasteiger partial charge in [-0.1, -0.05) is 5.56 Å². The zero-order valence-corrected chi connectivity index (χ0v) is 21.0. The van der Waals surface area contributed by atoms with Gasteiger partial charge in [0.05, 0.1) is 24.4 Å². The van der Waals surface area contributed by atoms with Crippen LogP contribution < -0.4 is 4.18 Å². The van der Waals surface area contributed by atoms with E-state index in [1.165, 1.54) is 12.1 Å². The summed E-state index contributed by atoms with van der Waals surface area (Å²) in [5, 5.41) is 1.63. The van der Waals surface area contributed by atoms with E-state index in [9.17, 15) is 39.6 Å². The number of aryl methyl sites for hydroxylation is 1. The lowest BCUT2D eigenvalue weighted by atomic mass is 10.0. The summed E-state index contributed by atoms with van der Waals surface area (Å²) in [6, 6.07) is 2.53. The first-order valence-electron chi connectivity index (χ1n) is 10.1. The predicted octanol–water partition coefficient (Wildman–Crippen LogP) is 5.28. The fourth-order valence-electron chi connectivity index (χ4n) is 2.47. The number of rotatable bonds is 10. The number of halogens is 6. The van der Waals surface area contributed by atoms with Crippen LogP contribution >= 0.6 is 0 Å². The van der Waals surface area contributed by atoms with Crippen molar-refractivity contribution in [3.63, 3.8) is 0 Å². The van der Waals surface area contributed by atoms with E-state index in [-0.39, 0.29) is 11.1 Å². The molecule has 1 N–H and O–H groups in total. The Morgan fingerprint density at radius 1 is 0.857 bits per heavy atom. The Kier molecular flexibility index (Phi) is 8.65. The molecule has 0 aliphatic heterocycles. The van der Waals surface area contributed by atoms with Gasteiger partial charge in [-0.2, -0.15) is 34.8 Å². The van der Waals surface area contributed by atoms with Crippen molar-refractivity contribution in [2.75, 3.05) is 0 Å². The second-order valence-electron chi connectivity index (χ2n) is 9.72. The summed E-state index contributed by atoms with van der Waals surface area (Å²) in [7, 11) is -6.89. The highest BCUT2D eigenvalue weighted by Gasteiger charge is 2.81. The number of hydrogen-bond donors (Lipinski definition) is 1. The van der Waals surface area contributed by atoms with E-state index in [2.05, 4.69) is 4.18 Å². The summed E-state index contributed by atoms with van der Waals surface area (Å²) in [6.07, 6.45) is 0. The second kappa shape index (κ2) is 9.77. The largest absolute Gasteiger partial charge is 0.477 e. The Morgan fingerprint density at radius 3 is 1.54 bits per heavy atom. The molecule has 14 heteroatoms. The normalized spacial score (nSPS) is 14.2. The van der Waals surface area contributed by atoms with Gasteiger partial charge in [-0.15, -0.1) is 0 Å². The molecule has 0 aliphatic rings. The third kappa shape index (κ3) is 7.00. The van der Waals surface area contributed by atoms with E-state index in [1.807, 2.05) is 0 Å². The van der Waals surface area contributed by atoms with Crippen LogP contribution in [0.4, 0.5) is 26.3 Å². The van der Waals surface area contributed by atoms with Crippen molar-refractivity contribution in [2.45, 2.75) is 90.0 Å². The highest BCUT2D eigenvalue weighted by molar-refractivity contribution is 7.88. The number of aliphatic carboxylic acids is 1. The molecule has 1 aromatic rings. The Balaban J connectivity index is 3.68. The lowest BCUT2D eigenvalue weighted by Crippen LogP contribution is -2.61. The topological polar surface area (TPSA) is 99.1 Å². The molecule has 0 aliphatic carbocycles. The lowest BCUT2D eigenvalue weighted by molar-refractivity contribution is -0.277. The van der Waals surface area contributed by atoms with Crippen LogP contribution in [0.1, 0.15) is 58.2 Å². The molecule has 0 amide bonds. The van der Waals surface area contributed by atoms with Crippen molar-refractivity contribution < 1.29 is 58.3 Å². The van der Waals surface area contributed by atoms with Crippen LogP contribution in [0.3, 0.4) is 0 Å². The third-order valence-corrected chi connectivity index (χ3v) is 5.51. The lowest BCUT2D eigenvalue weighted by Gasteiger charge is -2.30. The van der Waals surface area contributed by atoms with Crippen molar-refractivity contribution in [1.82, 2.24) is 0 Å². The number of alkyl halides is 6. The highest BCUT2D eigenvalue weighted by Crippen LogP contribution is 2.49. The van der Waals surface area contributed by atoms with E-state index in [4.69, 9.17) is 14.6 Å². The van der Waals surface area contributed by atoms with Gasteiger partial charge in [0.25, 0.3) is 0 Å². The molecule has 0 atom stereocenters. The zero-order chi connectivity index (χ0) is 27.8. The molecule has 0 saturated carbocycles. The number of benzene rings is 1. The molecule has 1 rings (SSSR count). The van der Waals surface area contributed by atoms with Crippen molar-refractivity contribution >= 4 is 16.1 Å². The molecule has 0 fully saturated rings. The number of carbonyl (C=O) groups is 1. The Labute approximate surface area is 199 Å². The summed E-state index contributed by atoms with van der Waals surface area (Å²) in [4.78, 5) is 10.5. The van der Waals surface area contributed by atoms with Gasteiger partial charge in [-0.05, 0) is 60.6 Å². The van der Waals surface area contributed by atoms with Crippen molar-refractivity contribution in [3.8, 4) is 5.75 Å². The Morgan fingerprint density at radius 2 is 1.23 bits per heavy atom. The second-order valence-corrected chi connectivity index (χ2v) is 11.3. The van der Waals surface area contributed by atoms with Gasteiger partial charge < -0.3 is 18.8 Å². The first-order valence-corrected chi connectivity index (χ1v) is 11.5. The smallest absolute Gasteiger partial charge is 0.449 e. The maximum absolute atomic E-state index is 14.3. The molecule has 35 heavy (non-hydrogen) atoms. The van der Waals surface area contributed by atoms with E-state index in [1.54, 1.807) is 48.5 Å². The average Bonchev–Trinajstić information content (AvgIpc) is 2.64. The monoisotopic (exact) mass is 538 g/mol. The number of carboxylic acids is 1. The van der Waals surface area contributed by atoms with Gasteiger partial charge in [0.2, 0.25) is 0 Å². The first-order chi connectivity index (χ1) is 15.4. The Hall–Kier alpha value is -2.06. The van der Waals surface area contributed by atoms with Gasteiger partial charge in [0.15, 0.2) is 5.75 Å². The summed E-state index contributed by atoms with van der Waals surface area (Å²) in [6.45, 7) is 10.4. The van der Waals surface area contributed by atoms with Crippen LogP contribution in [-0.2, 0) is 37.6 Å². The molecule has 0 aromatic heterocycles. The number of carboxylic acid groups (broad SMARTS) is 1. The number of ether oxygens (including phenoxy) is 2. The molecule has 7 nitrogen and oxygen atoms in total. The summed E-state index contributed by atoms with van der Waals surface area (Å²) < 4.78 is 123. The van der Waals surface area contributed by atoms with E-state index in [0.717, 1.165) is 0 Å². The fraction of sp³-hybridized carbons (Fsp3) is 0.667. The van der Waals surface area contributed by atoms with Crippen LogP contribution in [0.5, 0.6) is 5.75 Å². The maximum Gasteiger partial charge on any atom is 0.449 e. The highest BCUT2D eigenvalue weighted by atomic mass is 32.2. The van der Waals surface area contributed by atoms with Crippen LogP contribution in [0, 0.1) is 6.92 Å². The van der Waals surface area contributed by atoms with Crippen LogP contribution in [0.2, 0.25) is 0 Å². The average molecular weight is 539 g/mol. The van der Waals surface area contributed by atoms with Gasteiger partial charge in [-0.25, -0.2) is 4.79 Å². The van der Waals surface area contributed by atoms with Crippen molar-refractivity contribution in [1.29, 1.82) is 0 Å². The van der Waals surface area contributed by atoms with Gasteiger partial charge in [0.1, 0.15) is 0 Å². The predicted molar refractivity (Wildman–Crippen MR) is 112 cm³/mol. The maximum atomic E-state index is 14.3. The van der Waals surface area contributed by atoms with Gasteiger partial charge >= 0.3 is 33.2 Å². The van der Waals surface area contributed by atoms with Crippen LogP contribution in [-0.4, -0.2) is 47.8 Å². The van der Waals surface area contributed by atoms with Crippen molar-refractivity contribution in [2.24, 2.45) is 0 Å². The molecule has 0 spiro atoms. The van der Waals surface area contributed by atoms with E-state index >= 15 is 0 Å². The zero-order valence-electron chi connectivity index (χ0n) is 20.1. The van der Waals surface area contributed by atoms with Gasteiger partial charge in [0, 0.05) is 11.1 Å². The molecular weight excluding hydrogens is 510 g/mol. The quantitative estimate of drug-likeness (QED) is 0.320. The molecule has 0 unspecified atom stereocenters. The van der Waals surface area contributed by atoms with Gasteiger partial charge in [-0.3, -0.25) is 0 Å². The molecular formula is C21H28F6O7S. The minimum Gasteiger partial charge on any atom is -0.477 e. The molecule has 1 aromatic carbocycles. The van der Waals surface area contributed by atoms with Crippen LogP contribution in [0.15, 0.2) is 12.1 Å². The molecule has 0 bridgehead atoms. The third-order valence-electron chi connectivity index (χ3n) is 4.24. The minimum absolute atomic E-state index is 0.180. The number of hydrogen-bond acceptors (Lipinski definition) is 6. The van der Waals surface area contributed by atoms with Crippen molar-refractivity contribution in [3.05, 3.63) is 28.8 Å². The molecule has 202 valence electrons. The molecule has 0 heterocycles. The summed E-state index contributed by atoms with van der Waals surface area (Å²) in [5.41, 5.74) is -1.53. The minimum atomic E-state index is -6.89. The molecule has 0 saturated heterocycles. The fourth-order valence-corrected chi connectivity index (χ4v) is 3.46. The van der Waals surface area contributed by atoms with E-state index < -0.39 is 63.4 Å². The first kappa shape index (κ1) is 31.0. The SMILES string of the molecule is Cc1cc(COC(C)(C)C)c(OS(=O)(=O)C(F)(F)C(F)(F)C(F)(F)C(=O)O)c(COC(C)(C)C)c1. The summed E-state index contributed by atoms with van der Waals surface area (Å²) >= 11 is 0. The van der Waals surface area contributed by atoms with E-state index in [0.29, 0.717) is 5.56 Å². The molecule has 0 radical (unpaired) electrons. The summed E-state index contributed by atoms with van der Waals surface area (Å²) in [5.74, 6) is -17.8. The Bertz CT molecular complexity index is 1000. The standard InChI is InChI=1S/C21H28F6O7S/c1-12-8-13(10-32-17(2,3)4)15(14(9-12)11-33-18(5,6)7)34-35(30,31)21(26,27)20(24,25)19(22,23)16(28)29/h8-9H,10-11H2,1-7H3,(H,28,29). The van der Waals surface area contributed by atoms with Crippen LogP contribution in [0.25, 0.3) is 0 Å².